The highest BCUT2D eigenvalue weighted by molar-refractivity contribution is 5.73. The first-order valence-corrected chi connectivity index (χ1v) is 8.62. The molecule has 0 fully saturated rings. The number of hydrogen-bond donors (Lipinski definition) is 1. The summed E-state index contributed by atoms with van der Waals surface area (Å²) in [7, 11) is 0. The highest BCUT2D eigenvalue weighted by Crippen LogP contribution is 2.37. The van der Waals surface area contributed by atoms with E-state index in [1.165, 1.54) is 11.1 Å². The Morgan fingerprint density at radius 3 is 2.80 bits per heavy atom. The molecule has 2 aliphatic rings. The van der Waals surface area contributed by atoms with Crippen molar-refractivity contribution in [1.29, 1.82) is 0 Å². The third-order valence-corrected chi connectivity index (χ3v) is 4.71. The van der Waals surface area contributed by atoms with E-state index in [4.69, 9.17) is 14.6 Å². The van der Waals surface area contributed by atoms with Gasteiger partial charge in [0, 0.05) is 23.7 Å². The average Bonchev–Trinajstić information content (AvgIpc) is 3.24. The van der Waals surface area contributed by atoms with Crippen molar-refractivity contribution in [3.8, 4) is 28.4 Å². The lowest BCUT2D eigenvalue weighted by Crippen LogP contribution is -2.15. The molecule has 126 valence electrons. The van der Waals surface area contributed by atoms with E-state index in [1.54, 1.807) is 0 Å². The molecule has 0 radical (unpaired) electrons. The Labute approximate surface area is 146 Å². The third-order valence-electron chi connectivity index (χ3n) is 4.71. The quantitative estimate of drug-likeness (QED) is 0.779. The van der Waals surface area contributed by atoms with Gasteiger partial charge in [-0.3, -0.25) is 0 Å². The molecule has 3 heterocycles. The highest BCUT2D eigenvalue weighted by Gasteiger charge is 2.24. The molecule has 5 nitrogen and oxygen atoms in total. The molecule has 0 bridgehead atoms. The van der Waals surface area contributed by atoms with Gasteiger partial charge in [0.25, 0.3) is 0 Å². The van der Waals surface area contributed by atoms with Crippen molar-refractivity contribution in [2.75, 3.05) is 25.1 Å². The smallest absolute Gasteiger partial charge is 0.163 e. The molecular weight excluding hydrogens is 314 g/mol. The van der Waals surface area contributed by atoms with Crippen LogP contribution in [0.3, 0.4) is 0 Å². The zero-order chi connectivity index (χ0) is 16.8. The second-order valence-corrected chi connectivity index (χ2v) is 6.46. The van der Waals surface area contributed by atoms with E-state index in [1.807, 2.05) is 22.9 Å². The van der Waals surface area contributed by atoms with Gasteiger partial charge in [0.1, 0.15) is 19.0 Å². The van der Waals surface area contributed by atoms with Gasteiger partial charge >= 0.3 is 0 Å². The van der Waals surface area contributed by atoms with Crippen LogP contribution in [0.5, 0.6) is 11.5 Å². The number of ether oxygens (including phenoxy) is 2. The normalized spacial score (nSPS) is 14.9. The first-order valence-electron chi connectivity index (χ1n) is 8.62. The summed E-state index contributed by atoms with van der Waals surface area (Å²) in [5.41, 5.74) is 5.72. The van der Waals surface area contributed by atoms with Gasteiger partial charge in [0.2, 0.25) is 0 Å². The first kappa shape index (κ1) is 14.4. The Morgan fingerprint density at radius 2 is 1.92 bits per heavy atom. The summed E-state index contributed by atoms with van der Waals surface area (Å²) in [6, 6.07) is 14.5. The van der Waals surface area contributed by atoms with Gasteiger partial charge in [-0.25, -0.2) is 4.68 Å². The molecule has 1 N–H and O–H groups in total. The highest BCUT2D eigenvalue weighted by atomic mass is 16.6. The van der Waals surface area contributed by atoms with Crippen LogP contribution in [0.25, 0.3) is 16.9 Å². The second kappa shape index (κ2) is 5.55. The van der Waals surface area contributed by atoms with Gasteiger partial charge in [-0.1, -0.05) is 23.8 Å². The maximum Gasteiger partial charge on any atom is 0.163 e. The number of nitrogens with zero attached hydrogens (tertiary/aromatic N) is 2. The van der Waals surface area contributed by atoms with Crippen LogP contribution in [0.2, 0.25) is 0 Å². The number of hydrogen-bond acceptors (Lipinski definition) is 4. The lowest BCUT2D eigenvalue weighted by molar-refractivity contribution is 0.171. The van der Waals surface area contributed by atoms with Crippen molar-refractivity contribution in [2.24, 2.45) is 0 Å². The lowest BCUT2D eigenvalue weighted by atomic mass is 10.0. The Balaban J connectivity index is 1.64. The molecule has 25 heavy (non-hydrogen) atoms. The minimum absolute atomic E-state index is 0.584. The van der Waals surface area contributed by atoms with Crippen molar-refractivity contribution in [3.05, 3.63) is 53.6 Å². The van der Waals surface area contributed by atoms with Crippen LogP contribution >= 0.6 is 0 Å². The van der Waals surface area contributed by atoms with E-state index in [9.17, 15) is 0 Å². The zero-order valence-corrected chi connectivity index (χ0v) is 14.1. The number of anilines is 1. The van der Waals surface area contributed by atoms with Gasteiger partial charge in [0.15, 0.2) is 11.5 Å². The first-order chi connectivity index (χ1) is 12.3. The third kappa shape index (κ3) is 2.35. The molecule has 0 aliphatic carbocycles. The van der Waals surface area contributed by atoms with E-state index in [-0.39, 0.29) is 0 Å². The molecule has 3 aromatic rings. The minimum Gasteiger partial charge on any atom is -0.486 e. The number of nitrogens with one attached hydrogen (secondary N) is 1. The van der Waals surface area contributed by atoms with Crippen molar-refractivity contribution in [3.63, 3.8) is 0 Å². The minimum atomic E-state index is 0.584. The number of rotatable bonds is 2. The van der Waals surface area contributed by atoms with Crippen molar-refractivity contribution in [2.45, 2.75) is 13.3 Å². The summed E-state index contributed by atoms with van der Waals surface area (Å²) < 4.78 is 13.3. The van der Waals surface area contributed by atoms with Crippen LogP contribution in [0.4, 0.5) is 5.82 Å². The molecule has 5 rings (SSSR count). The van der Waals surface area contributed by atoms with Gasteiger partial charge in [-0.2, -0.15) is 5.10 Å². The average molecular weight is 333 g/mol. The summed E-state index contributed by atoms with van der Waals surface area (Å²) in [5.74, 6) is 2.65. The molecule has 0 unspecified atom stereocenters. The summed E-state index contributed by atoms with van der Waals surface area (Å²) in [6.45, 7) is 4.24. The second-order valence-electron chi connectivity index (χ2n) is 6.46. The largest absolute Gasteiger partial charge is 0.486 e. The Bertz CT molecular complexity index is 962. The number of benzene rings is 2. The SMILES string of the molecule is Cc1cccc(-c2nn(-c3ccc4c(c3)OCCO4)c3c2CCN3)c1. The van der Waals surface area contributed by atoms with Crippen molar-refractivity contribution in [1.82, 2.24) is 9.78 Å². The number of aromatic nitrogens is 2. The Hall–Kier alpha value is -2.95. The predicted molar refractivity (Wildman–Crippen MR) is 96.9 cm³/mol. The summed E-state index contributed by atoms with van der Waals surface area (Å²) in [6.07, 6.45) is 0.989. The molecule has 0 amide bonds. The van der Waals surface area contributed by atoms with Crippen molar-refractivity contribution >= 4 is 5.82 Å². The number of fused-ring (bicyclic) bond motifs is 2. The van der Waals surface area contributed by atoms with E-state index >= 15 is 0 Å². The number of aryl methyl sites for hydroxylation is 1. The topological polar surface area (TPSA) is 48.3 Å². The van der Waals surface area contributed by atoms with Gasteiger partial charge < -0.3 is 14.8 Å². The summed E-state index contributed by atoms with van der Waals surface area (Å²) in [5, 5.41) is 8.40. The standard InChI is InChI=1S/C20H19N3O2/c1-13-3-2-4-14(11-13)19-16-7-8-21-20(16)23(22-19)15-5-6-17-18(12-15)25-10-9-24-17/h2-6,11-12,21H,7-10H2,1H3. The maximum atomic E-state index is 5.73. The summed E-state index contributed by atoms with van der Waals surface area (Å²) in [4.78, 5) is 0. The molecular formula is C20H19N3O2. The van der Waals surface area contributed by atoms with Crippen LogP contribution in [0, 0.1) is 6.92 Å². The molecule has 0 saturated heterocycles. The Morgan fingerprint density at radius 1 is 1.04 bits per heavy atom. The monoisotopic (exact) mass is 333 g/mol. The van der Waals surface area contributed by atoms with Crippen LogP contribution in [-0.4, -0.2) is 29.5 Å². The molecule has 0 atom stereocenters. The van der Waals surface area contributed by atoms with Crippen LogP contribution in [0.15, 0.2) is 42.5 Å². The zero-order valence-electron chi connectivity index (χ0n) is 14.1. The summed E-state index contributed by atoms with van der Waals surface area (Å²) >= 11 is 0. The predicted octanol–water partition coefficient (Wildman–Crippen LogP) is 3.59. The van der Waals surface area contributed by atoms with Crippen LogP contribution in [-0.2, 0) is 6.42 Å². The lowest BCUT2D eigenvalue weighted by Gasteiger charge is -2.19. The van der Waals surface area contributed by atoms with Gasteiger partial charge in [-0.05, 0) is 31.5 Å². The fourth-order valence-electron chi connectivity index (χ4n) is 3.55. The van der Waals surface area contributed by atoms with Crippen molar-refractivity contribution < 1.29 is 9.47 Å². The molecule has 5 heteroatoms. The van der Waals surface area contributed by atoms with E-state index in [0.29, 0.717) is 13.2 Å². The molecule has 1 aromatic heterocycles. The van der Waals surface area contributed by atoms with E-state index < -0.39 is 0 Å². The molecule has 0 spiro atoms. The molecule has 2 aliphatic heterocycles. The van der Waals surface area contributed by atoms with Crippen LogP contribution < -0.4 is 14.8 Å². The molecule has 2 aromatic carbocycles. The maximum absolute atomic E-state index is 5.73. The molecule has 0 saturated carbocycles. The van der Waals surface area contributed by atoms with Gasteiger partial charge in [0.05, 0.1) is 11.4 Å². The van der Waals surface area contributed by atoms with Crippen LogP contribution in [0.1, 0.15) is 11.1 Å². The fraction of sp³-hybridized carbons (Fsp3) is 0.250. The van der Waals surface area contributed by atoms with E-state index in [2.05, 4.69) is 36.5 Å². The Kier molecular flexibility index (Phi) is 3.20. The van der Waals surface area contributed by atoms with Gasteiger partial charge in [-0.15, -0.1) is 0 Å². The fourth-order valence-corrected chi connectivity index (χ4v) is 3.55. The van der Waals surface area contributed by atoms with E-state index in [0.717, 1.165) is 47.2 Å².